The summed E-state index contributed by atoms with van der Waals surface area (Å²) in [6, 6.07) is 4.59. The van der Waals surface area contributed by atoms with Gasteiger partial charge >= 0.3 is 0 Å². The Kier molecular flexibility index (Phi) is 5.98. The van der Waals surface area contributed by atoms with E-state index in [9.17, 15) is 9.59 Å². The van der Waals surface area contributed by atoms with E-state index in [4.69, 9.17) is 23.2 Å². The molecule has 0 aliphatic carbocycles. The average molecular weight is 372 g/mol. The third-order valence-corrected chi connectivity index (χ3v) is 4.31. The predicted molar refractivity (Wildman–Crippen MR) is 93.7 cm³/mol. The summed E-state index contributed by atoms with van der Waals surface area (Å²) in [6.07, 6.45) is 0. The number of nitrogens with zero attached hydrogens (tertiary/aromatic N) is 1. The molecule has 0 spiro atoms. The summed E-state index contributed by atoms with van der Waals surface area (Å²) >= 11 is 12.9. The second-order valence-corrected chi connectivity index (χ2v) is 6.90. The van der Waals surface area contributed by atoms with E-state index in [0.717, 1.165) is 0 Å². The first-order chi connectivity index (χ1) is 10.9. The van der Waals surface area contributed by atoms with Crippen LogP contribution in [0.1, 0.15) is 34.7 Å². The number of nitrogens with one attached hydrogen (secondary N) is 2. The summed E-state index contributed by atoms with van der Waals surface area (Å²) in [4.78, 5) is 28.1. The van der Waals surface area contributed by atoms with E-state index >= 15 is 0 Å². The molecule has 1 aromatic heterocycles. The Balaban J connectivity index is 2.02. The van der Waals surface area contributed by atoms with Gasteiger partial charge in [0.15, 0.2) is 5.13 Å². The zero-order chi connectivity index (χ0) is 17.0. The van der Waals surface area contributed by atoms with Crippen molar-refractivity contribution in [3.63, 3.8) is 0 Å². The zero-order valence-electron chi connectivity index (χ0n) is 12.5. The summed E-state index contributed by atoms with van der Waals surface area (Å²) in [5.41, 5.74) is 0.639. The highest BCUT2D eigenvalue weighted by Gasteiger charge is 2.14. The summed E-state index contributed by atoms with van der Waals surface area (Å²) in [5.74, 6) is -0.275. The number of halogens is 2. The molecular weight excluding hydrogens is 357 g/mol. The standard InChI is InChI=1S/C15H15Cl2N3O2S/c1-8(2)6-18-14(22)12-7-23-15(19-12)20-13(21)9-3-4-10(16)11(17)5-9/h3-5,7-8H,6H2,1-2H3,(H,18,22)(H,19,20,21). The molecule has 2 aromatic rings. The van der Waals surface area contributed by atoms with Gasteiger partial charge in [-0.15, -0.1) is 11.3 Å². The highest BCUT2D eigenvalue weighted by Crippen LogP contribution is 2.23. The number of carbonyl (C=O) groups is 2. The molecule has 23 heavy (non-hydrogen) atoms. The monoisotopic (exact) mass is 371 g/mol. The number of hydrogen-bond donors (Lipinski definition) is 2. The van der Waals surface area contributed by atoms with Crippen LogP contribution in [0.5, 0.6) is 0 Å². The predicted octanol–water partition coefficient (Wildman–Crippen LogP) is 4.09. The Morgan fingerprint density at radius 3 is 2.61 bits per heavy atom. The van der Waals surface area contributed by atoms with Crippen molar-refractivity contribution in [2.45, 2.75) is 13.8 Å². The Labute approximate surface area is 148 Å². The topological polar surface area (TPSA) is 71.1 Å². The number of carbonyl (C=O) groups excluding carboxylic acids is 2. The van der Waals surface area contributed by atoms with Crippen LogP contribution in [0.3, 0.4) is 0 Å². The molecule has 0 atom stereocenters. The van der Waals surface area contributed by atoms with E-state index in [0.29, 0.717) is 33.2 Å². The van der Waals surface area contributed by atoms with Gasteiger partial charge in [0.05, 0.1) is 10.0 Å². The lowest BCUT2D eigenvalue weighted by atomic mass is 10.2. The van der Waals surface area contributed by atoms with Gasteiger partial charge in [-0.25, -0.2) is 4.98 Å². The van der Waals surface area contributed by atoms with Crippen molar-refractivity contribution < 1.29 is 9.59 Å². The van der Waals surface area contributed by atoms with Crippen LogP contribution in [0.25, 0.3) is 0 Å². The van der Waals surface area contributed by atoms with Crippen molar-refractivity contribution in [2.24, 2.45) is 5.92 Å². The first-order valence-corrected chi connectivity index (χ1v) is 8.50. The van der Waals surface area contributed by atoms with Crippen LogP contribution in [0.4, 0.5) is 5.13 Å². The summed E-state index contributed by atoms with van der Waals surface area (Å²) in [7, 11) is 0. The number of aromatic nitrogens is 1. The minimum atomic E-state index is -0.368. The summed E-state index contributed by atoms with van der Waals surface area (Å²) in [5, 5.41) is 8.02. The number of thiazole rings is 1. The Morgan fingerprint density at radius 1 is 1.22 bits per heavy atom. The van der Waals surface area contributed by atoms with E-state index < -0.39 is 0 Å². The summed E-state index contributed by atoms with van der Waals surface area (Å²) in [6.45, 7) is 4.58. The van der Waals surface area contributed by atoms with Gasteiger partial charge in [0.1, 0.15) is 5.69 Å². The van der Waals surface area contributed by atoms with Gasteiger partial charge in [-0.05, 0) is 24.1 Å². The maximum absolute atomic E-state index is 12.1. The molecule has 8 heteroatoms. The highest BCUT2D eigenvalue weighted by atomic mass is 35.5. The minimum absolute atomic E-state index is 0.259. The molecule has 2 rings (SSSR count). The highest BCUT2D eigenvalue weighted by molar-refractivity contribution is 7.14. The van der Waals surface area contributed by atoms with Crippen LogP contribution in [-0.4, -0.2) is 23.3 Å². The molecule has 0 aliphatic heterocycles. The number of rotatable bonds is 5. The van der Waals surface area contributed by atoms with Crippen molar-refractivity contribution in [3.8, 4) is 0 Å². The summed E-state index contributed by atoms with van der Waals surface area (Å²) < 4.78 is 0. The van der Waals surface area contributed by atoms with Gasteiger partial charge in [-0.3, -0.25) is 14.9 Å². The molecule has 0 bridgehead atoms. The molecule has 5 nitrogen and oxygen atoms in total. The third-order valence-electron chi connectivity index (χ3n) is 2.81. The molecule has 2 N–H and O–H groups in total. The minimum Gasteiger partial charge on any atom is -0.350 e. The van der Waals surface area contributed by atoms with E-state index in [1.165, 1.54) is 17.4 Å². The smallest absolute Gasteiger partial charge is 0.270 e. The molecule has 0 unspecified atom stereocenters. The second-order valence-electron chi connectivity index (χ2n) is 5.22. The molecule has 1 aromatic carbocycles. The number of amides is 2. The van der Waals surface area contributed by atoms with Crippen LogP contribution in [0, 0.1) is 5.92 Å². The van der Waals surface area contributed by atoms with Crippen LogP contribution < -0.4 is 10.6 Å². The lowest BCUT2D eigenvalue weighted by molar-refractivity contribution is 0.0943. The van der Waals surface area contributed by atoms with Gasteiger partial charge in [0.25, 0.3) is 11.8 Å². The molecule has 0 aliphatic rings. The van der Waals surface area contributed by atoms with Crippen molar-refractivity contribution in [1.82, 2.24) is 10.3 Å². The number of benzene rings is 1. The lowest BCUT2D eigenvalue weighted by Crippen LogP contribution is -2.27. The fourth-order valence-corrected chi connectivity index (χ4v) is 2.61. The fraction of sp³-hybridized carbons (Fsp3) is 0.267. The van der Waals surface area contributed by atoms with Crippen molar-refractivity contribution in [1.29, 1.82) is 0 Å². The molecule has 1 heterocycles. The fourth-order valence-electron chi connectivity index (χ4n) is 1.63. The normalized spacial score (nSPS) is 10.7. The Morgan fingerprint density at radius 2 is 1.96 bits per heavy atom. The number of hydrogen-bond acceptors (Lipinski definition) is 4. The van der Waals surface area contributed by atoms with Crippen molar-refractivity contribution >= 4 is 51.5 Å². The second kappa shape index (κ2) is 7.77. The van der Waals surface area contributed by atoms with Gasteiger partial charge in [0.2, 0.25) is 0 Å². The molecule has 0 fully saturated rings. The van der Waals surface area contributed by atoms with Gasteiger partial charge < -0.3 is 5.32 Å². The molecule has 2 amide bonds. The van der Waals surface area contributed by atoms with Gasteiger partial charge in [-0.2, -0.15) is 0 Å². The van der Waals surface area contributed by atoms with Crippen LogP contribution in [-0.2, 0) is 0 Å². The van der Waals surface area contributed by atoms with E-state index in [1.54, 1.807) is 17.5 Å². The van der Waals surface area contributed by atoms with Crippen LogP contribution >= 0.6 is 34.5 Å². The van der Waals surface area contributed by atoms with Gasteiger partial charge in [0, 0.05) is 17.5 Å². The number of anilines is 1. The molecule has 0 saturated carbocycles. The largest absolute Gasteiger partial charge is 0.350 e. The average Bonchev–Trinajstić information content (AvgIpc) is 2.96. The molecule has 0 radical (unpaired) electrons. The van der Waals surface area contributed by atoms with Crippen molar-refractivity contribution in [2.75, 3.05) is 11.9 Å². The maximum atomic E-state index is 12.1. The molecular formula is C15H15Cl2N3O2S. The molecule has 122 valence electrons. The van der Waals surface area contributed by atoms with E-state index in [2.05, 4.69) is 15.6 Å². The SMILES string of the molecule is CC(C)CNC(=O)c1csc(NC(=O)c2ccc(Cl)c(Cl)c2)n1. The van der Waals surface area contributed by atoms with E-state index in [-0.39, 0.29) is 17.5 Å². The third kappa shape index (κ3) is 4.92. The maximum Gasteiger partial charge on any atom is 0.270 e. The molecule has 0 saturated heterocycles. The zero-order valence-corrected chi connectivity index (χ0v) is 14.9. The lowest BCUT2D eigenvalue weighted by Gasteiger charge is -2.05. The quantitative estimate of drug-likeness (QED) is 0.831. The van der Waals surface area contributed by atoms with Gasteiger partial charge in [-0.1, -0.05) is 37.0 Å². The Hall–Kier alpha value is -1.63. The van der Waals surface area contributed by atoms with Crippen LogP contribution in [0.15, 0.2) is 23.6 Å². The first-order valence-electron chi connectivity index (χ1n) is 6.87. The van der Waals surface area contributed by atoms with Crippen molar-refractivity contribution in [3.05, 3.63) is 44.9 Å². The van der Waals surface area contributed by atoms with E-state index in [1.807, 2.05) is 13.8 Å². The first kappa shape index (κ1) is 17.7. The Bertz CT molecular complexity index is 731. The van der Waals surface area contributed by atoms with Crippen LogP contribution in [0.2, 0.25) is 10.0 Å².